The molecule has 1 saturated carbocycles. The van der Waals surface area contributed by atoms with Crippen LogP contribution in [0.3, 0.4) is 0 Å². The van der Waals surface area contributed by atoms with E-state index in [4.69, 9.17) is 0 Å². The molecule has 1 fully saturated rings. The van der Waals surface area contributed by atoms with Gasteiger partial charge in [-0.25, -0.2) is 0 Å². The predicted molar refractivity (Wildman–Crippen MR) is 96.3 cm³/mol. The second kappa shape index (κ2) is 6.53. The topological polar surface area (TPSA) is 12.0 Å². The summed E-state index contributed by atoms with van der Waals surface area (Å²) in [6.07, 6.45) is 5.45. The molecule has 1 nitrogen and oxygen atoms in total. The van der Waals surface area contributed by atoms with Crippen LogP contribution in [0, 0.1) is 19.8 Å². The number of nitrogens with one attached hydrogen (secondary N) is 1. The van der Waals surface area contributed by atoms with Crippen molar-refractivity contribution in [1.82, 2.24) is 0 Å². The van der Waals surface area contributed by atoms with Crippen molar-refractivity contribution in [2.45, 2.75) is 45.6 Å². The smallest absolute Gasteiger partial charge is 0.0635 e. The molecule has 21 heavy (non-hydrogen) atoms. The van der Waals surface area contributed by atoms with Gasteiger partial charge in [0.2, 0.25) is 0 Å². The number of hydrogen-bond donors (Lipinski definition) is 1. The molecule has 0 spiro atoms. The maximum Gasteiger partial charge on any atom is 0.0635 e. The summed E-state index contributed by atoms with van der Waals surface area (Å²) in [4.78, 5) is 1.47. The number of benzene rings is 1. The van der Waals surface area contributed by atoms with Crippen LogP contribution in [0.15, 0.2) is 34.1 Å². The molecule has 0 amide bonds. The van der Waals surface area contributed by atoms with Crippen molar-refractivity contribution >= 4 is 33.0 Å². The lowest BCUT2D eigenvalue weighted by Crippen LogP contribution is -2.18. The quantitative estimate of drug-likeness (QED) is 0.655. The van der Waals surface area contributed by atoms with Crippen LogP contribution in [-0.4, -0.2) is 0 Å². The highest BCUT2D eigenvalue weighted by Gasteiger charge is 2.27. The van der Waals surface area contributed by atoms with Crippen LogP contribution in [0.25, 0.3) is 0 Å². The Morgan fingerprint density at radius 3 is 2.62 bits per heavy atom. The first kappa shape index (κ1) is 15.1. The van der Waals surface area contributed by atoms with E-state index in [0.29, 0.717) is 6.04 Å². The normalized spacial score (nSPS) is 17.1. The van der Waals surface area contributed by atoms with Crippen LogP contribution >= 0.6 is 27.3 Å². The molecular weight excluding hydrogens is 342 g/mol. The van der Waals surface area contributed by atoms with E-state index in [2.05, 4.69) is 64.7 Å². The number of aryl methyl sites for hydroxylation is 2. The molecule has 1 unspecified atom stereocenters. The molecule has 1 aromatic heterocycles. The van der Waals surface area contributed by atoms with Crippen LogP contribution in [0.1, 0.15) is 47.7 Å². The van der Waals surface area contributed by atoms with Gasteiger partial charge in [0.1, 0.15) is 0 Å². The van der Waals surface area contributed by atoms with Gasteiger partial charge in [-0.3, -0.25) is 0 Å². The van der Waals surface area contributed by atoms with Crippen LogP contribution < -0.4 is 5.32 Å². The molecule has 1 aliphatic rings. The van der Waals surface area contributed by atoms with Gasteiger partial charge in [-0.1, -0.05) is 25.0 Å². The third-order valence-corrected chi connectivity index (χ3v) is 6.03. The summed E-state index contributed by atoms with van der Waals surface area (Å²) in [6, 6.07) is 9.35. The molecule has 3 heteroatoms. The average Bonchev–Trinajstić information content (AvgIpc) is 3.11. The molecular formula is C18H22BrNS. The fraction of sp³-hybridized carbons (Fsp3) is 0.444. The number of halogens is 1. The maximum absolute atomic E-state index is 3.85. The van der Waals surface area contributed by atoms with E-state index in [0.717, 1.165) is 5.92 Å². The summed E-state index contributed by atoms with van der Waals surface area (Å²) < 4.78 is 1.18. The zero-order chi connectivity index (χ0) is 14.8. The summed E-state index contributed by atoms with van der Waals surface area (Å²) in [7, 11) is 0. The first-order valence-electron chi connectivity index (χ1n) is 7.72. The van der Waals surface area contributed by atoms with Crippen LogP contribution in [-0.2, 0) is 0 Å². The molecule has 0 bridgehead atoms. The van der Waals surface area contributed by atoms with Crippen LogP contribution in [0.5, 0.6) is 0 Å². The molecule has 0 radical (unpaired) electrons. The molecule has 1 atom stereocenters. The summed E-state index contributed by atoms with van der Waals surface area (Å²) in [5.41, 5.74) is 3.88. The predicted octanol–water partition coefficient (Wildman–Crippen LogP) is 6.47. The highest BCUT2D eigenvalue weighted by atomic mass is 79.9. The number of thiophene rings is 1. The average molecular weight is 364 g/mol. The van der Waals surface area contributed by atoms with Gasteiger partial charge in [0.25, 0.3) is 0 Å². The highest BCUT2D eigenvalue weighted by molar-refractivity contribution is 9.10. The van der Waals surface area contributed by atoms with E-state index < -0.39 is 0 Å². The van der Waals surface area contributed by atoms with Gasteiger partial charge in [0.15, 0.2) is 0 Å². The number of hydrogen-bond acceptors (Lipinski definition) is 2. The van der Waals surface area contributed by atoms with E-state index in [1.807, 2.05) is 11.3 Å². The van der Waals surface area contributed by atoms with Crippen LogP contribution in [0.2, 0.25) is 0 Å². The van der Waals surface area contributed by atoms with Gasteiger partial charge in [-0.05, 0) is 77.2 Å². The lowest BCUT2D eigenvalue weighted by atomic mass is 9.96. The Morgan fingerprint density at radius 2 is 2.00 bits per heavy atom. The third kappa shape index (κ3) is 3.35. The number of rotatable bonds is 4. The summed E-state index contributed by atoms with van der Waals surface area (Å²) >= 11 is 5.61. The zero-order valence-corrected chi connectivity index (χ0v) is 15.1. The van der Waals surface area contributed by atoms with Crippen molar-refractivity contribution in [3.8, 4) is 0 Å². The molecule has 1 heterocycles. The lowest BCUT2D eigenvalue weighted by Gasteiger charge is -2.26. The van der Waals surface area contributed by atoms with Gasteiger partial charge in [-0.2, -0.15) is 0 Å². The van der Waals surface area contributed by atoms with Gasteiger partial charge < -0.3 is 5.32 Å². The second-order valence-corrected chi connectivity index (χ2v) is 7.95. The lowest BCUT2D eigenvalue weighted by molar-refractivity contribution is 0.475. The minimum Gasteiger partial charge on any atom is -0.376 e. The van der Waals surface area contributed by atoms with Crippen molar-refractivity contribution in [3.63, 3.8) is 0 Å². The molecule has 112 valence electrons. The molecule has 1 N–H and O–H groups in total. The minimum atomic E-state index is 0.449. The SMILES string of the molecule is Cc1cc(C)c(NC(c2cccs2)C2CCCC2)c(Br)c1. The first-order valence-corrected chi connectivity index (χ1v) is 9.39. The van der Waals surface area contributed by atoms with Crippen molar-refractivity contribution in [2.75, 3.05) is 5.32 Å². The Labute approximate surface area is 139 Å². The minimum absolute atomic E-state index is 0.449. The third-order valence-electron chi connectivity index (χ3n) is 4.45. The van der Waals surface area contributed by atoms with E-state index in [-0.39, 0.29) is 0 Å². The van der Waals surface area contributed by atoms with Crippen molar-refractivity contribution < 1.29 is 0 Å². The van der Waals surface area contributed by atoms with E-state index >= 15 is 0 Å². The molecule has 3 rings (SSSR count). The van der Waals surface area contributed by atoms with Gasteiger partial charge in [-0.15, -0.1) is 11.3 Å². The molecule has 2 aromatic rings. The van der Waals surface area contributed by atoms with E-state index in [9.17, 15) is 0 Å². The molecule has 1 aliphatic carbocycles. The summed E-state index contributed by atoms with van der Waals surface area (Å²) in [5, 5.41) is 6.04. The van der Waals surface area contributed by atoms with Gasteiger partial charge >= 0.3 is 0 Å². The molecule has 0 saturated heterocycles. The molecule has 1 aromatic carbocycles. The fourth-order valence-corrected chi connectivity index (χ4v) is 5.09. The van der Waals surface area contributed by atoms with Crippen molar-refractivity contribution in [3.05, 3.63) is 50.1 Å². The Bertz CT molecular complexity index is 577. The highest BCUT2D eigenvalue weighted by Crippen LogP contribution is 2.41. The molecule has 0 aliphatic heterocycles. The van der Waals surface area contributed by atoms with E-state index in [1.54, 1.807) is 0 Å². The Morgan fingerprint density at radius 1 is 1.24 bits per heavy atom. The fourth-order valence-electron chi connectivity index (χ4n) is 3.43. The Kier molecular flexibility index (Phi) is 4.70. The van der Waals surface area contributed by atoms with Gasteiger partial charge in [0, 0.05) is 9.35 Å². The standard InChI is InChI=1S/C18H22BrNS/c1-12-10-13(2)17(15(19)11-12)20-18(14-6-3-4-7-14)16-8-5-9-21-16/h5,8-11,14,18,20H,3-4,6-7H2,1-2H3. The zero-order valence-electron chi connectivity index (χ0n) is 12.7. The maximum atomic E-state index is 3.85. The Balaban J connectivity index is 1.91. The van der Waals surface area contributed by atoms with Gasteiger partial charge in [0.05, 0.1) is 11.7 Å². The number of anilines is 1. The largest absolute Gasteiger partial charge is 0.376 e. The van der Waals surface area contributed by atoms with Crippen LogP contribution in [0.4, 0.5) is 5.69 Å². The summed E-state index contributed by atoms with van der Waals surface area (Å²) in [5.74, 6) is 0.760. The summed E-state index contributed by atoms with van der Waals surface area (Å²) in [6.45, 7) is 4.34. The first-order chi connectivity index (χ1) is 10.1. The van der Waals surface area contributed by atoms with E-state index in [1.165, 1.54) is 51.8 Å². The van der Waals surface area contributed by atoms with Crippen molar-refractivity contribution in [1.29, 1.82) is 0 Å². The Hall–Kier alpha value is -0.800. The second-order valence-electron chi connectivity index (χ2n) is 6.12. The van der Waals surface area contributed by atoms with Crippen molar-refractivity contribution in [2.24, 2.45) is 5.92 Å². The monoisotopic (exact) mass is 363 g/mol.